The van der Waals surface area contributed by atoms with Crippen LogP contribution in [0.1, 0.15) is 45.9 Å². The van der Waals surface area contributed by atoms with Crippen LogP contribution >= 0.6 is 11.6 Å². The van der Waals surface area contributed by atoms with Crippen LogP contribution < -0.4 is 10.3 Å². The zero-order chi connectivity index (χ0) is 29.8. The monoisotopic (exact) mass is 585 g/mol. The number of benzene rings is 3. The number of carbonyl (C=O) groups is 3. The number of anilines is 1. The minimum Gasteiger partial charge on any atom is -0.462 e. The van der Waals surface area contributed by atoms with E-state index in [0.717, 1.165) is 5.56 Å². The summed E-state index contributed by atoms with van der Waals surface area (Å²) in [5, 5.41) is 8.69. The van der Waals surface area contributed by atoms with Crippen LogP contribution in [0.25, 0.3) is 17.4 Å². The molecular formula is C32H25ClFN3O5. The van der Waals surface area contributed by atoms with Crippen LogP contribution in [-0.4, -0.2) is 30.1 Å². The highest BCUT2D eigenvalue weighted by Crippen LogP contribution is 2.30. The van der Waals surface area contributed by atoms with E-state index >= 15 is 0 Å². The molecule has 10 heteroatoms. The summed E-state index contributed by atoms with van der Waals surface area (Å²) >= 11 is 6.31. The van der Waals surface area contributed by atoms with Crippen molar-refractivity contribution in [1.82, 2.24) is 5.32 Å². The summed E-state index contributed by atoms with van der Waals surface area (Å²) in [5.74, 6) is -0.644. The number of hydrogen-bond donors (Lipinski definition) is 1. The van der Waals surface area contributed by atoms with Crippen molar-refractivity contribution in [2.45, 2.75) is 20.4 Å². The smallest absolute Gasteiger partial charge is 0.338 e. The molecule has 0 spiro atoms. The van der Waals surface area contributed by atoms with Gasteiger partial charge in [0.1, 0.15) is 17.3 Å². The fraction of sp³-hybridized carbons (Fsp3) is 0.125. The van der Waals surface area contributed by atoms with Crippen LogP contribution in [0.3, 0.4) is 0 Å². The van der Waals surface area contributed by atoms with Gasteiger partial charge >= 0.3 is 5.97 Å². The van der Waals surface area contributed by atoms with Crippen molar-refractivity contribution in [3.8, 4) is 11.3 Å². The Hall–Kier alpha value is -5.02. The Labute approximate surface area is 246 Å². The first-order valence-electron chi connectivity index (χ1n) is 13.0. The zero-order valence-corrected chi connectivity index (χ0v) is 23.4. The number of furan rings is 1. The number of halogens is 2. The van der Waals surface area contributed by atoms with Crippen molar-refractivity contribution < 1.29 is 27.9 Å². The van der Waals surface area contributed by atoms with Gasteiger partial charge in [0, 0.05) is 12.1 Å². The van der Waals surface area contributed by atoms with Gasteiger partial charge in [-0.2, -0.15) is 10.1 Å². The molecule has 4 aromatic rings. The van der Waals surface area contributed by atoms with Gasteiger partial charge in [-0.1, -0.05) is 23.7 Å². The summed E-state index contributed by atoms with van der Waals surface area (Å²) in [6.07, 6.45) is 1.60. The maximum Gasteiger partial charge on any atom is 0.338 e. The number of nitrogens with one attached hydrogen (secondary N) is 1. The van der Waals surface area contributed by atoms with Crippen molar-refractivity contribution in [2.24, 2.45) is 5.10 Å². The SMILES string of the molecule is CCOC(=O)c1ccc(N2N=C(C)/C(=C/c3ccc(-c4ccc(Cl)c(C(=O)NCc5ccc(F)cc5)c4)o3)C2=O)cc1. The number of rotatable bonds is 8. The average Bonchev–Trinajstić information content (AvgIpc) is 3.57. The van der Waals surface area contributed by atoms with Crippen molar-refractivity contribution in [2.75, 3.05) is 11.6 Å². The first kappa shape index (κ1) is 28.5. The fourth-order valence-electron chi connectivity index (χ4n) is 4.27. The molecule has 0 unspecified atom stereocenters. The molecule has 1 N–H and O–H groups in total. The van der Waals surface area contributed by atoms with Crippen LogP contribution in [0.15, 0.2) is 94.0 Å². The number of ether oxygens (including phenoxy) is 1. The summed E-state index contributed by atoms with van der Waals surface area (Å²) in [7, 11) is 0. The fourth-order valence-corrected chi connectivity index (χ4v) is 4.48. The van der Waals surface area contributed by atoms with Crippen LogP contribution in [-0.2, 0) is 16.1 Å². The first-order chi connectivity index (χ1) is 20.2. The molecule has 3 aromatic carbocycles. The van der Waals surface area contributed by atoms with Gasteiger partial charge < -0.3 is 14.5 Å². The lowest BCUT2D eigenvalue weighted by atomic mass is 10.1. The molecule has 0 saturated heterocycles. The maximum absolute atomic E-state index is 13.2. The van der Waals surface area contributed by atoms with E-state index in [0.29, 0.717) is 39.6 Å². The van der Waals surface area contributed by atoms with E-state index in [4.69, 9.17) is 20.8 Å². The lowest BCUT2D eigenvalue weighted by Crippen LogP contribution is -2.23. The minimum atomic E-state index is -0.441. The zero-order valence-electron chi connectivity index (χ0n) is 22.7. The van der Waals surface area contributed by atoms with Gasteiger partial charge in [0.15, 0.2) is 0 Å². The molecule has 5 rings (SSSR count). The van der Waals surface area contributed by atoms with Gasteiger partial charge in [0.25, 0.3) is 11.8 Å². The Bertz CT molecular complexity index is 1730. The topological polar surface area (TPSA) is 101 Å². The molecule has 2 heterocycles. The molecule has 0 fully saturated rings. The molecule has 2 amide bonds. The molecule has 1 aliphatic heterocycles. The van der Waals surface area contributed by atoms with Crippen LogP contribution in [0.2, 0.25) is 5.02 Å². The van der Waals surface area contributed by atoms with E-state index in [1.165, 1.54) is 17.1 Å². The van der Waals surface area contributed by atoms with E-state index in [2.05, 4.69) is 10.4 Å². The molecule has 0 radical (unpaired) electrons. The number of hydrogen-bond acceptors (Lipinski definition) is 6. The molecule has 42 heavy (non-hydrogen) atoms. The van der Waals surface area contributed by atoms with Crippen molar-refractivity contribution in [1.29, 1.82) is 0 Å². The van der Waals surface area contributed by atoms with Gasteiger partial charge in [0.2, 0.25) is 0 Å². The van der Waals surface area contributed by atoms with Crippen molar-refractivity contribution in [3.63, 3.8) is 0 Å². The van der Waals surface area contributed by atoms with E-state index in [-0.39, 0.29) is 41.4 Å². The van der Waals surface area contributed by atoms with Gasteiger partial charge in [-0.3, -0.25) is 9.59 Å². The maximum atomic E-state index is 13.2. The number of nitrogens with zero attached hydrogens (tertiary/aromatic N) is 2. The lowest BCUT2D eigenvalue weighted by Gasteiger charge is -2.12. The standard InChI is InChI=1S/C32H25ClFN3O5/c1-3-41-32(40)21-6-11-24(12-7-21)37-31(39)26(19(2)36-37)17-25-13-15-29(42-25)22-8-14-28(33)27(16-22)30(38)35-18-20-4-9-23(34)10-5-20/h4-17H,3,18H2,1-2H3,(H,35,38)/b26-17-. The quantitative estimate of drug-likeness (QED) is 0.184. The largest absolute Gasteiger partial charge is 0.462 e. The van der Waals surface area contributed by atoms with Crippen LogP contribution in [0, 0.1) is 5.82 Å². The third-order valence-electron chi connectivity index (χ3n) is 6.46. The van der Waals surface area contributed by atoms with Crippen LogP contribution in [0.4, 0.5) is 10.1 Å². The molecule has 0 aliphatic carbocycles. The van der Waals surface area contributed by atoms with E-state index in [1.807, 2.05) is 0 Å². The highest BCUT2D eigenvalue weighted by Gasteiger charge is 2.29. The van der Waals surface area contributed by atoms with Gasteiger partial charge in [-0.15, -0.1) is 0 Å². The highest BCUT2D eigenvalue weighted by atomic mass is 35.5. The Morgan fingerprint density at radius 2 is 1.79 bits per heavy atom. The Morgan fingerprint density at radius 1 is 1.05 bits per heavy atom. The van der Waals surface area contributed by atoms with Gasteiger partial charge in [-0.05, 0) is 92.2 Å². The van der Waals surface area contributed by atoms with Crippen LogP contribution in [0.5, 0.6) is 0 Å². The lowest BCUT2D eigenvalue weighted by molar-refractivity contribution is -0.114. The molecule has 212 valence electrons. The number of hydrazone groups is 1. The second-order valence-corrected chi connectivity index (χ2v) is 9.74. The highest BCUT2D eigenvalue weighted by molar-refractivity contribution is 6.34. The minimum absolute atomic E-state index is 0.208. The summed E-state index contributed by atoms with van der Waals surface area (Å²) in [5.41, 5.74) is 3.34. The summed E-state index contributed by atoms with van der Waals surface area (Å²) < 4.78 is 24.1. The van der Waals surface area contributed by atoms with Gasteiger partial charge in [0.05, 0.1) is 39.7 Å². The molecule has 0 atom stereocenters. The van der Waals surface area contributed by atoms with Crippen molar-refractivity contribution in [3.05, 3.63) is 118 Å². The average molecular weight is 586 g/mol. The Morgan fingerprint density at radius 3 is 2.50 bits per heavy atom. The third kappa shape index (κ3) is 6.16. The third-order valence-corrected chi connectivity index (χ3v) is 6.79. The first-order valence-corrected chi connectivity index (χ1v) is 13.4. The second kappa shape index (κ2) is 12.2. The summed E-state index contributed by atoms with van der Waals surface area (Å²) in [6.45, 7) is 3.93. The van der Waals surface area contributed by atoms with Crippen molar-refractivity contribution >= 4 is 46.9 Å². The molecule has 8 nitrogen and oxygen atoms in total. The molecule has 0 saturated carbocycles. The predicted molar refractivity (Wildman–Crippen MR) is 158 cm³/mol. The number of amides is 2. The molecule has 1 aliphatic rings. The Kier molecular flexibility index (Phi) is 8.31. The molecular weight excluding hydrogens is 561 g/mol. The second-order valence-electron chi connectivity index (χ2n) is 9.33. The number of carbonyl (C=O) groups excluding carboxylic acids is 3. The van der Waals surface area contributed by atoms with E-state index in [9.17, 15) is 18.8 Å². The van der Waals surface area contributed by atoms with E-state index in [1.54, 1.807) is 86.7 Å². The predicted octanol–water partition coefficient (Wildman–Crippen LogP) is 6.65. The number of esters is 1. The summed E-state index contributed by atoms with van der Waals surface area (Å²) in [4.78, 5) is 38.0. The molecule has 1 aromatic heterocycles. The Balaban J connectivity index is 1.30. The normalized spacial score (nSPS) is 13.8. The molecule has 0 bridgehead atoms. The van der Waals surface area contributed by atoms with Gasteiger partial charge in [-0.25, -0.2) is 9.18 Å². The van der Waals surface area contributed by atoms with E-state index < -0.39 is 5.97 Å². The summed E-state index contributed by atoms with van der Waals surface area (Å²) in [6, 6.07) is 20.6.